The van der Waals surface area contributed by atoms with Crippen LogP contribution in [0, 0.1) is 11.8 Å². The van der Waals surface area contributed by atoms with Crippen LogP contribution in [0.15, 0.2) is 30.3 Å². The van der Waals surface area contributed by atoms with Crippen molar-refractivity contribution in [3.05, 3.63) is 35.9 Å². The molecule has 0 heteroatoms. The SMILES string of the molecule is C[C@H]1CCCC1CCCCCc1ccccc1. The fourth-order valence-corrected chi connectivity index (χ4v) is 3.21. The molecular formula is C17H26. The Bertz CT molecular complexity index is 301. The van der Waals surface area contributed by atoms with Crippen LogP contribution in [0.1, 0.15) is 57.4 Å². The zero-order chi connectivity index (χ0) is 11.9. The summed E-state index contributed by atoms with van der Waals surface area (Å²) in [5, 5.41) is 0. The molecule has 1 unspecified atom stereocenters. The van der Waals surface area contributed by atoms with Gasteiger partial charge in [0, 0.05) is 0 Å². The van der Waals surface area contributed by atoms with Crippen molar-refractivity contribution < 1.29 is 0 Å². The van der Waals surface area contributed by atoms with Crippen molar-refractivity contribution in [1.82, 2.24) is 0 Å². The Morgan fingerprint density at radius 2 is 1.82 bits per heavy atom. The maximum Gasteiger partial charge on any atom is -0.0279 e. The lowest BCUT2D eigenvalue weighted by molar-refractivity contribution is 0.375. The quantitative estimate of drug-likeness (QED) is 0.587. The summed E-state index contributed by atoms with van der Waals surface area (Å²) in [7, 11) is 0. The van der Waals surface area contributed by atoms with E-state index in [9.17, 15) is 0 Å². The molecule has 0 bridgehead atoms. The van der Waals surface area contributed by atoms with E-state index in [1.807, 2.05) is 0 Å². The van der Waals surface area contributed by atoms with Crippen LogP contribution in [0.25, 0.3) is 0 Å². The van der Waals surface area contributed by atoms with Crippen LogP contribution >= 0.6 is 0 Å². The standard InChI is InChI=1S/C17H26/c1-15-9-8-14-17(15)13-7-3-6-12-16-10-4-2-5-11-16/h2,4-5,10-11,15,17H,3,6-9,12-14H2,1H3/t15-,17?/m0/s1. The second kappa shape index (κ2) is 6.83. The minimum absolute atomic E-state index is 1.00. The van der Waals surface area contributed by atoms with E-state index in [1.165, 1.54) is 56.9 Å². The van der Waals surface area contributed by atoms with Crippen LogP contribution < -0.4 is 0 Å². The van der Waals surface area contributed by atoms with Crippen LogP contribution in [0.5, 0.6) is 0 Å². The topological polar surface area (TPSA) is 0 Å². The third-order valence-corrected chi connectivity index (χ3v) is 4.42. The summed E-state index contributed by atoms with van der Waals surface area (Å²) in [4.78, 5) is 0. The molecule has 0 radical (unpaired) electrons. The molecule has 1 fully saturated rings. The Labute approximate surface area is 106 Å². The number of aryl methyl sites for hydroxylation is 1. The van der Waals surface area contributed by atoms with Crippen molar-refractivity contribution in [1.29, 1.82) is 0 Å². The molecule has 0 aliphatic heterocycles. The lowest BCUT2D eigenvalue weighted by Gasteiger charge is -2.14. The molecule has 1 aromatic carbocycles. The van der Waals surface area contributed by atoms with Crippen molar-refractivity contribution in [3.8, 4) is 0 Å². The first kappa shape index (κ1) is 12.7. The van der Waals surface area contributed by atoms with Crippen LogP contribution in [0.3, 0.4) is 0 Å². The highest BCUT2D eigenvalue weighted by Gasteiger charge is 2.22. The second-order valence-electron chi connectivity index (χ2n) is 5.75. The molecule has 2 rings (SSSR count). The van der Waals surface area contributed by atoms with Gasteiger partial charge in [-0.2, -0.15) is 0 Å². The van der Waals surface area contributed by atoms with Crippen LogP contribution in [0.2, 0.25) is 0 Å². The molecule has 1 aliphatic carbocycles. The molecule has 0 amide bonds. The number of hydrogen-bond donors (Lipinski definition) is 0. The van der Waals surface area contributed by atoms with Gasteiger partial charge < -0.3 is 0 Å². The normalized spacial score (nSPS) is 24.1. The zero-order valence-electron chi connectivity index (χ0n) is 11.2. The van der Waals surface area contributed by atoms with Gasteiger partial charge in [0.25, 0.3) is 0 Å². The average Bonchev–Trinajstić information content (AvgIpc) is 2.76. The van der Waals surface area contributed by atoms with E-state index in [0.29, 0.717) is 0 Å². The third-order valence-electron chi connectivity index (χ3n) is 4.42. The largest absolute Gasteiger partial charge is 0.0622 e. The lowest BCUT2D eigenvalue weighted by Crippen LogP contribution is -2.03. The van der Waals surface area contributed by atoms with E-state index in [2.05, 4.69) is 37.3 Å². The minimum Gasteiger partial charge on any atom is -0.0622 e. The Kier molecular flexibility index (Phi) is 5.09. The van der Waals surface area contributed by atoms with Gasteiger partial charge in [0.1, 0.15) is 0 Å². The predicted octanol–water partition coefficient (Wildman–Crippen LogP) is 5.23. The van der Waals surface area contributed by atoms with Crippen molar-refractivity contribution in [2.45, 2.75) is 58.3 Å². The summed E-state index contributed by atoms with van der Waals surface area (Å²) in [6.07, 6.45) is 11.4. The first-order valence-corrected chi connectivity index (χ1v) is 7.40. The molecule has 1 aliphatic rings. The highest BCUT2D eigenvalue weighted by atomic mass is 14.3. The zero-order valence-corrected chi connectivity index (χ0v) is 11.2. The van der Waals surface area contributed by atoms with Gasteiger partial charge in [-0.25, -0.2) is 0 Å². The number of hydrogen-bond acceptors (Lipinski definition) is 0. The van der Waals surface area contributed by atoms with Gasteiger partial charge >= 0.3 is 0 Å². The summed E-state index contributed by atoms with van der Waals surface area (Å²) in [5.74, 6) is 2.05. The van der Waals surface area contributed by atoms with Crippen molar-refractivity contribution in [2.75, 3.05) is 0 Å². The predicted molar refractivity (Wildman–Crippen MR) is 75.1 cm³/mol. The number of unbranched alkanes of at least 4 members (excludes halogenated alkanes) is 2. The van der Waals surface area contributed by atoms with Crippen molar-refractivity contribution in [3.63, 3.8) is 0 Å². The van der Waals surface area contributed by atoms with E-state index in [0.717, 1.165) is 11.8 Å². The van der Waals surface area contributed by atoms with Gasteiger partial charge in [-0.15, -0.1) is 0 Å². The van der Waals surface area contributed by atoms with Crippen molar-refractivity contribution >= 4 is 0 Å². The molecule has 0 heterocycles. The molecule has 1 saturated carbocycles. The summed E-state index contributed by atoms with van der Waals surface area (Å²) < 4.78 is 0. The van der Waals surface area contributed by atoms with E-state index in [1.54, 1.807) is 0 Å². The first-order valence-electron chi connectivity index (χ1n) is 7.40. The average molecular weight is 230 g/mol. The van der Waals surface area contributed by atoms with Crippen LogP contribution in [-0.2, 0) is 6.42 Å². The van der Waals surface area contributed by atoms with Gasteiger partial charge in [0.15, 0.2) is 0 Å². The molecule has 0 saturated heterocycles. The Morgan fingerprint density at radius 3 is 2.53 bits per heavy atom. The molecule has 94 valence electrons. The number of benzene rings is 1. The van der Waals surface area contributed by atoms with E-state index < -0.39 is 0 Å². The summed E-state index contributed by atoms with van der Waals surface area (Å²) in [6, 6.07) is 10.9. The van der Waals surface area contributed by atoms with Crippen molar-refractivity contribution in [2.24, 2.45) is 11.8 Å². The fraction of sp³-hybridized carbons (Fsp3) is 0.647. The Hall–Kier alpha value is -0.780. The second-order valence-corrected chi connectivity index (χ2v) is 5.75. The van der Waals surface area contributed by atoms with Gasteiger partial charge in [0.2, 0.25) is 0 Å². The molecular weight excluding hydrogens is 204 g/mol. The van der Waals surface area contributed by atoms with Gasteiger partial charge in [-0.05, 0) is 30.2 Å². The van der Waals surface area contributed by atoms with Gasteiger partial charge in [-0.1, -0.05) is 75.8 Å². The smallest absolute Gasteiger partial charge is 0.0279 e. The highest BCUT2D eigenvalue weighted by Crippen LogP contribution is 2.34. The van der Waals surface area contributed by atoms with E-state index >= 15 is 0 Å². The maximum absolute atomic E-state index is 2.45. The monoisotopic (exact) mass is 230 g/mol. The summed E-state index contributed by atoms with van der Waals surface area (Å²) in [5.41, 5.74) is 1.50. The molecule has 1 aromatic rings. The molecule has 0 N–H and O–H groups in total. The first-order chi connectivity index (χ1) is 8.36. The lowest BCUT2D eigenvalue weighted by atomic mass is 9.92. The third kappa shape index (κ3) is 4.18. The number of rotatable bonds is 6. The Morgan fingerprint density at radius 1 is 1.00 bits per heavy atom. The molecule has 0 aromatic heterocycles. The van der Waals surface area contributed by atoms with E-state index in [-0.39, 0.29) is 0 Å². The maximum atomic E-state index is 2.45. The highest BCUT2D eigenvalue weighted by molar-refractivity contribution is 5.14. The van der Waals surface area contributed by atoms with Crippen LogP contribution in [-0.4, -0.2) is 0 Å². The molecule has 17 heavy (non-hydrogen) atoms. The van der Waals surface area contributed by atoms with E-state index in [4.69, 9.17) is 0 Å². The summed E-state index contributed by atoms with van der Waals surface area (Å²) in [6.45, 7) is 2.45. The minimum atomic E-state index is 1.00. The Balaban J connectivity index is 1.55. The summed E-state index contributed by atoms with van der Waals surface area (Å²) >= 11 is 0. The molecule has 0 nitrogen and oxygen atoms in total. The molecule has 0 spiro atoms. The molecule has 2 atom stereocenters. The van der Waals surface area contributed by atoms with Gasteiger partial charge in [0.05, 0.1) is 0 Å². The van der Waals surface area contributed by atoms with Crippen LogP contribution in [0.4, 0.5) is 0 Å². The fourth-order valence-electron chi connectivity index (χ4n) is 3.21. The van der Waals surface area contributed by atoms with Gasteiger partial charge in [-0.3, -0.25) is 0 Å².